The standard InChI is InChI=1S/C17H19FN4O2/c18-14-2-4-15(5-3-14)22-11-13(10-16(22)23)17(24)20-6-1-8-21-9-7-19-12-21/h2-5,7,9,12-13H,1,6,8,10-11H2,(H,20,24). The van der Waals surface area contributed by atoms with Gasteiger partial charge < -0.3 is 14.8 Å². The molecule has 1 atom stereocenters. The molecular formula is C17H19FN4O2. The van der Waals surface area contributed by atoms with Crippen molar-refractivity contribution in [2.24, 2.45) is 5.92 Å². The summed E-state index contributed by atoms with van der Waals surface area (Å²) in [4.78, 5) is 29.8. The molecular weight excluding hydrogens is 311 g/mol. The summed E-state index contributed by atoms with van der Waals surface area (Å²) < 4.78 is 14.9. The summed E-state index contributed by atoms with van der Waals surface area (Å²) in [6.45, 7) is 1.67. The zero-order valence-corrected chi connectivity index (χ0v) is 13.2. The van der Waals surface area contributed by atoms with Crippen molar-refractivity contribution in [2.45, 2.75) is 19.4 Å². The third-order valence-corrected chi connectivity index (χ3v) is 4.09. The van der Waals surface area contributed by atoms with Crippen LogP contribution in [-0.4, -0.2) is 34.5 Å². The third-order valence-electron chi connectivity index (χ3n) is 4.09. The van der Waals surface area contributed by atoms with E-state index in [1.54, 1.807) is 24.7 Å². The largest absolute Gasteiger partial charge is 0.356 e. The topological polar surface area (TPSA) is 67.2 Å². The van der Waals surface area contributed by atoms with E-state index in [9.17, 15) is 14.0 Å². The van der Waals surface area contributed by atoms with E-state index in [1.165, 1.54) is 17.0 Å². The number of hydrogen-bond acceptors (Lipinski definition) is 3. The van der Waals surface area contributed by atoms with Crippen LogP contribution in [0.2, 0.25) is 0 Å². The van der Waals surface area contributed by atoms with Gasteiger partial charge in [-0.3, -0.25) is 9.59 Å². The third kappa shape index (κ3) is 3.79. The van der Waals surface area contributed by atoms with E-state index in [4.69, 9.17) is 0 Å². The number of halogens is 1. The molecule has 24 heavy (non-hydrogen) atoms. The Balaban J connectivity index is 1.47. The van der Waals surface area contributed by atoms with Crippen LogP contribution >= 0.6 is 0 Å². The number of aryl methyl sites for hydroxylation is 1. The SMILES string of the molecule is O=C(NCCCn1ccnc1)C1CC(=O)N(c2ccc(F)cc2)C1. The first-order valence-electron chi connectivity index (χ1n) is 7.93. The molecule has 1 aromatic heterocycles. The number of nitrogens with one attached hydrogen (secondary N) is 1. The maximum atomic E-state index is 13.0. The van der Waals surface area contributed by atoms with Gasteiger partial charge in [0.15, 0.2) is 0 Å². The van der Waals surface area contributed by atoms with Crippen LogP contribution in [0.1, 0.15) is 12.8 Å². The van der Waals surface area contributed by atoms with Gasteiger partial charge in [0, 0.05) is 44.1 Å². The van der Waals surface area contributed by atoms with Crippen LogP contribution in [0.5, 0.6) is 0 Å². The van der Waals surface area contributed by atoms with E-state index >= 15 is 0 Å². The molecule has 1 unspecified atom stereocenters. The van der Waals surface area contributed by atoms with Crippen LogP contribution in [0.4, 0.5) is 10.1 Å². The van der Waals surface area contributed by atoms with Crippen molar-refractivity contribution in [1.29, 1.82) is 0 Å². The van der Waals surface area contributed by atoms with Crippen molar-refractivity contribution in [1.82, 2.24) is 14.9 Å². The van der Waals surface area contributed by atoms with E-state index in [2.05, 4.69) is 10.3 Å². The van der Waals surface area contributed by atoms with Crippen molar-refractivity contribution in [3.05, 3.63) is 48.8 Å². The predicted molar refractivity (Wildman–Crippen MR) is 86.7 cm³/mol. The first-order valence-corrected chi connectivity index (χ1v) is 7.93. The number of imidazole rings is 1. The predicted octanol–water partition coefficient (Wildman–Crippen LogP) is 1.58. The van der Waals surface area contributed by atoms with E-state index in [-0.39, 0.29) is 30.0 Å². The number of carbonyl (C=O) groups excluding carboxylic acids is 2. The second-order valence-corrected chi connectivity index (χ2v) is 5.83. The van der Waals surface area contributed by atoms with Crippen LogP contribution in [0, 0.1) is 11.7 Å². The minimum atomic E-state index is -0.365. The van der Waals surface area contributed by atoms with Crippen molar-refractivity contribution in [3.63, 3.8) is 0 Å². The molecule has 126 valence electrons. The Morgan fingerprint density at radius 2 is 2.12 bits per heavy atom. The molecule has 1 aromatic carbocycles. The summed E-state index contributed by atoms with van der Waals surface area (Å²) in [6.07, 6.45) is 6.30. The van der Waals surface area contributed by atoms with Gasteiger partial charge in [-0.2, -0.15) is 0 Å². The van der Waals surface area contributed by atoms with Gasteiger partial charge in [-0.05, 0) is 30.7 Å². The van der Waals surface area contributed by atoms with E-state index < -0.39 is 0 Å². The second kappa shape index (κ2) is 7.25. The monoisotopic (exact) mass is 330 g/mol. The molecule has 1 aliphatic rings. The van der Waals surface area contributed by atoms with Crippen molar-refractivity contribution in [3.8, 4) is 0 Å². The summed E-state index contributed by atoms with van der Waals surface area (Å²) in [5.41, 5.74) is 0.622. The van der Waals surface area contributed by atoms with E-state index in [0.29, 0.717) is 18.8 Å². The van der Waals surface area contributed by atoms with Crippen LogP contribution in [0.25, 0.3) is 0 Å². The second-order valence-electron chi connectivity index (χ2n) is 5.83. The summed E-state index contributed by atoms with van der Waals surface area (Å²) in [5, 5.41) is 2.88. The Morgan fingerprint density at radius 1 is 1.33 bits per heavy atom. The lowest BCUT2D eigenvalue weighted by Gasteiger charge is -2.16. The number of nitrogens with zero attached hydrogens (tertiary/aromatic N) is 3. The number of rotatable bonds is 6. The van der Waals surface area contributed by atoms with Crippen molar-refractivity contribution >= 4 is 17.5 Å². The Hall–Kier alpha value is -2.70. The Kier molecular flexibility index (Phi) is 4.88. The number of aromatic nitrogens is 2. The molecule has 0 saturated carbocycles. The maximum absolute atomic E-state index is 13.0. The minimum Gasteiger partial charge on any atom is -0.356 e. The molecule has 6 nitrogen and oxygen atoms in total. The van der Waals surface area contributed by atoms with Gasteiger partial charge in [-0.25, -0.2) is 9.37 Å². The van der Waals surface area contributed by atoms with Gasteiger partial charge in [-0.15, -0.1) is 0 Å². The maximum Gasteiger partial charge on any atom is 0.227 e. The number of benzene rings is 1. The van der Waals surface area contributed by atoms with Gasteiger partial charge in [0.05, 0.1) is 12.2 Å². The smallest absolute Gasteiger partial charge is 0.227 e. The van der Waals surface area contributed by atoms with Crippen LogP contribution in [0.3, 0.4) is 0 Å². The molecule has 2 aromatic rings. The lowest BCUT2D eigenvalue weighted by atomic mass is 10.1. The minimum absolute atomic E-state index is 0.111. The van der Waals surface area contributed by atoms with E-state index in [1.807, 2.05) is 10.8 Å². The molecule has 3 rings (SSSR count). The molecule has 1 aliphatic heterocycles. The van der Waals surface area contributed by atoms with Crippen molar-refractivity contribution < 1.29 is 14.0 Å². The number of hydrogen-bond donors (Lipinski definition) is 1. The lowest BCUT2D eigenvalue weighted by Crippen LogP contribution is -2.33. The molecule has 0 aliphatic carbocycles. The molecule has 1 fully saturated rings. The summed E-state index contributed by atoms with van der Waals surface area (Å²) in [7, 11) is 0. The van der Waals surface area contributed by atoms with Gasteiger partial charge >= 0.3 is 0 Å². The van der Waals surface area contributed by atoms with Gasteiger partial charge in [-0.1, -0.05) is 0 Å². The average molecular weight is 330 g/mol. The summed E-state index contributed by atoms with van der Waals surface area (Å²) in [6, 6.07) is 5.73. The highest BCUT2D eigenvalue weighted by molar-refractivity contribution is 6.00. The Morgan fingerprint density at radius 3 is 2.83 bits per heavy atom. The fraction of sp³-hybridized carbons (Fsp3) is 0.353. The van der Waals surface area contributed by atoms with Crippen LogP contribution in [-0.2, 0) is 16.1 Å². The molecule has 7 heteroatoms. The quantitative estimate of drug-likeness (QED) is 0.818. The summed E-state index contributed by atoms with van der Waals surface area (Å²) >= 11 is 0. The Labute approximate surface area is 139 Å². The zero-order chi connectivity index (χ0) is 16.9. The molecule has 2 amide bonds. The highest BCUT2D eigenvalue weighted by Gasteiger charge is 2.34. The molecule has 1 N–H and O–H groups in total. The van der Waals surface area contributed by atoms with Crippen LogP contribution < -0.4 is 10.2 Å². The number of anilines is 1. The Bertz CT molecular complexity index is 700. The van der Waals surface area contributed by atoms with Crippen LogP contribution in [0.15, 0.2) is 43.0 Å². The van der Waals surface area contributed by atoms with Crippen molar-refractivity contribution in [2.75, 3.05) is 18.0 Å². The normalized spacial score (nSPS) is 17.3. The molecule has 0 bridgehead atoms. The average Bonchev–Trinajstić information content (AvgIpc) is 3.22. The fourth-order valence-electron chi connectivity index (χ4n) is 2.79. The number of amides is 2. The lowest BCUT2D eigenvalue weighted by molar-refractivity contribution is -0.126. The van der Waals surface area contributed by atoms with Gasteiger partial charge in [0.1, 0.15) is 5.82 Å². The zero-order valence-electron chi connectivity index (χ0n) is 13.2. The first kappa shape index (κ1) is 16.2. The molecule has 1 saturated heterocycles. The van der Waals surface area contributed by atoms with Gasteiger partial charge in [0.2, 0.25) is 11.8 Å². The highest BCUT2D eigenvalue weighted by Crippen LogP contribution is 2.25. The molecule has 0 spiro atoms. The highest BCUT2D eigenvalue weighted by atomic mass is 19.1. The number of carbonyl (C=O) groups is 2. The van der Waals surface area contributed by atoms with Gasteiger partial charge in [0.25, 0.3) is 0 Å². The molecule has 0 radical (unpaired) electrons. The summed E-state index contributed by atoms with van der Waals surface area (Å²) in [5.74, 6) is -0.938. The molecule has 2 heterocycles. The van der Waals surface area contributed by atoms with E-state index in [0.717, 1.165) is 13.0 Å². The first-order chi connectivity index (χ1) is 11.6. The fourth-order valence-corrected chi connectivity index (χ4v) is 2.79.